The van der Waals surface area contributed by atoms with Crippen LogP contribution >= 0.6 is 11.6 Å². The summed E-state index contributed by atoms with van der Waals surface area (Å²) in [5, 5.41) is 3.69. The minimum atomic E-state index is -0.440. The van der Waals surface area contributed by atoms with Gasteiger partial charge in [-0.25, -0.2) is 4.79 Å². The Bertz CT molecular complexity index is 770. The van der Waals surface area contributed by atoms with Gasteiger partial charge in [-0.3, -0.25) is 4.79 Å². The van der Waals surface area contributed by atoms with Crippen molar-refractivity contribution in [2.45, 2.75) is 31.2 Å². The third-order valence-electron chi connectivity index (χ3n) is 6.74. The maximum atomic E-state index is 12.9. The minimum Gasteiger partial charge on any atom is -0.447 e. The van der Waals surface area contributed by atoms with Crippen LogP contribution in [0.25, 0.3) is 0 Å². The molecule has 5 rings (SSSR count). The van der Waals surface area contributed by atoms with E-state index in [1.807, 2.05) is 11.8 Å². The van der Waals surface area contributed by atoms with Gasteiger partial charge in [0.2, 0.25) is 5.91 Å². The van der Waals surface area contributed by atoms with E-state index in [4.69, 9.17) is 16.3 Å². The molecule has 1 aromatic rings. The Morgan fingerprint density at radius 1 is 1.36 bits per heavy atom. The van der Waals surface area contributed by atoms with Crippen molar-refractivity contribution >= 4 is 23.6 Å². The number of ether oxygens (including phenoxy) is 1. The van der Waals surface area contributed by atoms with Gasteiger partial charge in [0.25, 0.3) is 0 Å². The second-order valence-corrected chi connectivity index (χ2v) is 8.46. The first-order chi connectivity index (χ1) is 12.0. The fraction of sp³-hybridized carbons (Fsp3) is 0.579. The molecule has 2 heterocycles. The van der Waals surface area contributed by atoms with Crippen molar-refractivity contribution in [3.8, 4) is 0 Å². The van der Waals surface area contributed by atoms with Gasteiger partial charge in [-0.05, 0) is 54.7 Å². The molecule has 2 aliphatic carbocycles. The van der Waals surface area contributed by atoms with Gasteiger partial charge in [0.1, 0.15) is 6.61 Å². The lowest BCUT2D eigenvalue weighted by molar-refractivity contribution is -0.142. The largest absolute Gasteiger partial charge is 0.447 e. The number of fused-ring (bicyclic) bond motifs is 1. The van der Waals surface area contributed by atoms with Gasteiger partial charge in [-0.2, -0.15) is 0 Å². The number of nitrogens with one attached hydrogen (secondary N) is 1. The molecular weight excluding hydrogens is 340 g/mol. The lowest BCUT2D eigenvalue weighted by atomic mass is 9.66. The van der Waals surface area contributed by atoms with Gasteiger partial charge in [0.15, 0.2) is 0 Å². The lowest BCUT2D eigenvalue weighted by Crippen LogP contribution is -2.62. The van der Waals surface area contributed by atoms with Crippen LogP contribution in [0.1, 0.15) is 29.9 Å². The van der Waals surface area contributed by atoms with Crippen molar-refractivity contribution < 1.29 is 14.3 Å². The van der Waals surface area contributed by atoms with E-state index in [2.05, 4.69) is 23.5 Å². The number of hydrogen-bond donors (Lipinski definition) is 1. The number of alkyl carbamates (subject to hydrolysis) is 1. The number of carbonyl (C=O) groups excluding carboxylic acids is 2. The molecule has 2 saturated carbocycles. The number of aryl methyl sites for hydroxylation is 1. The summed E-state index contributed by atoms with van der Waals surface area (Å²) in [7, 11) is 0. The van der Waals surface area contributed by atoms with E-state index in [0.717, 1.165) is 36.5 Å². The van der Waals surface area contributed by atoms with Gasteiger partial charge in [0.05, 0.1) is 11.5 Å². The van der Waals surface area contributed by atoms with Gasteiger partial charge >= 0.3 is 6.09 Å². The number of nitrogens with zero attached hydrogens (tertiary/aromatic N) is 1. The highest BCUT2D eigenvalue weighted by Crippen LogP contribution is 2.59. The van der Waals surface area contributed by atoms with E-state index in [1.54, 1.807) is 0 Å². The maximum Gasteiger partial charge on any atom is 0.407 e. The molecule has 4 fully saturated rings. The number of likely N-dealkylation sites (tertiary alicyclic amines) is 1. The fourth-order valence-electron chi connectivity index (χ4n) is 5.03. The second-order valence-electron chi connectivity index (χ2n) is 8.05. The number of carbonyl (C=O) groups is 2. The van der Waals surface area contributed by atoms with Crippen LogP contribution in [0.15, 0.2) is 18.2 Å². The number of cyclic esters (lactones) is 1. The number of halogens is 1. The average molecular weight is 361 g/mol. The minimum absolute atomic E-state index is 0.122. The van der Waals surface area contributed by atoms with Crippen LogP contribution in [0, 0.1) is 24.7 Å². The Morgan fingerprint density at radius 2 is 2.12 bits per heavy atom. The molecule has 4 aliphatic rings. The molecule has 6 heteroatoms. The van der Waals surface area contributed by atoms with Crippen molar-refractivity contribution in [1.29, 1.82) is 0 Å². The normalized spacial score (nSPS) is 38.2. The van der Waals surface area contributed by atoms with Gasteiger partial charge < -0.3 is 15.0 Å². The average Bonchev–Trinajstić information content (AvgIpc) is 2.92. The van der Waals surface area contributed by atoms with Crippen LogP contribution in [0.3, 0.4) is 0 Å². The Morgan fingerprint density at radius 3 is 2.68 bits per heavy atom. The highest BCUT2D eigenvalue weighted by atomic mass is 35.5. The Balaban J connectivity index is 1.24. The molecule has 5 atom stereocenters. The molecule has 1 aromatic carbocycles. The smallest absolute Gasteiger partial charge is 0.407 e. The third-order valence-corrected chi connectivity index (χ3v) is 7.15. The molecule has 0 bridgehead atoms. The van der Waals surface area contributed by atoms with Gasteiger partial charge in [-0.15, -0.1) is 0 Å². The Labute approximate surface area is 151 Å². The van der Waals surface area contributed by atoms with E-state index < -0.39 is 11.6 Å². The lowest BCUT2D eigenvalue weighted by Gasteiger charge is -2.45. The molecule has 2 amide bonds. The fourth-order valence-corrected chi connectivity index (χ4v) is 5.22. The van der Waals surface area contributed by atoms with E-state index in [1.165, 1.54) is 5.56 Å². The predicted octanol–water partition coefficient (Wildman–Crippen LogP) is 2.71. The molecule has 132 valence electrons. The van der Waals surface area contributed by atoms with Crippen LogP contribution < -0.4 is 5.32 Å². The highest BCUT2D eigenvalue weighted by Gasteiger charge is 2.61. The molecule has 2 unspecified atom stereocenters. The number of benzene rings is 1. The number of rotatable bonds is 2. The summed E-state index contributed by atoms with van der Waals surface area (Å²) in [5.41, 5.74) is 1.96. The van der Waals surface area contributed by atoms with Crippen molar-refractivity contribution in [2.24, 2.45) is 17.8 Å². The maximum absolute atomic E-state index is 12.9. The Kier molecular flexibility index (Phi) is 3.18. The van der Waals surface area contributed by atoms with Crippen molar-refractivity contribution in [2.75, 3.05) is 19.7 Å². The van der Waals surface area contributed by atoms with Crippen LogP contribution in [0.4, 0.5) is 4.79 Å². The van der Waals surface area contributed by atoms with Crippen LogP contribution in [-0.4, -0.2) is 42.1 Å². The molecule has 0 radical (unpaired) electrons. The summed E-state index contributed by atoms with van der Waals surface area (Å²) in [4.78, 5) is 26.3. The Hall–Kier alpha value is -1.75. The number of hydrogen-bond acceptors (Lipinski definition) is 3. The highest BCUT2D eigenvalue weighted by molar-refractivity contribution is 6.31. The quantitative estimate of drug-likeness (QED) is 0.882. The van der Waals surface area contributed by atoms with E-state index >= 15 is 0 Å². The predicted molar refractivity (Wildman–Crippen MR) is 92.4 cm³/mol. The number of piperidine rings is 1. The zero-order valence-electron chi connectivity index (χ0n) is 14.1. The number of amides is 2. The first-order valence-electron chi connectivity index (χ1n) is 8.98. The molecule has 25 heavy (non-hydrogen) atoms. The van der Waals surface area contributed by atoms with E-state index in [9.17, 15) is 9.59 Å². The molecule has 1 spiro atoms. The zero-order chi connectivity index (χ0) is 17.3. The molecule has 1 N–H and O–H groups in total. The first-order valence-corrected chi connectivity index (χ1v) is 9.36. The standard InChI is InChI=1S/C19H21ClN2O3/c1-10-2-3-11(6-15(10)20)16-12-7-22(8-13(12)16)17(23)14-4-5-19(14)9-25-18(24)21-19/h2-3,6,12-14,16H,4-5,7-9H2,1H3,(H,21,24)/t12-,13+,14?,16?,19-/m1/s1. The second kappa shape index (κ2) is 5.13. The monoisotopic (exact) mass is 360 g/mol. The van der Waals surface area contributed by atoms with Crippen molar-refractivity contribution in [3.63, 3.8) is 0 Å². The van der Waals surface area contributed by atoms with Crippen molar-refractivity contribution in [1.82, 2.24) is 10.2 Å². The summed E-state index contributed by atoms with van der Waals surface area (Å²) < 4.78 is 5.05. The van der Waals surface area contributed by atoms with Crippen LogP contribution in [0.2, 0.25) is 5.02 Å². The van der Waals surface area contributed by atoms with Gasteiger partial charge in [-0.1, -0.05) is 23.7 Å². The topological polar surface area (TPSA) is 58.6 Å². The molecule has 2 saturated heterocycles. The molecule has 5 nitrogen and oxygen atoms in total. The first kappa shape index (κ1) is 15.5. The van der Waals surface area contributed by atoms with Crippen LogP contribution in [0.5, 0.6) is 0 Å². The summed E-state index contributed by atoms with van der Waals surface area (Å²) in [6.07, 6.45) is 1.28. The SMILES string of the molecule is Cc1ccc(C2[C@H]3CN(C(=O)C4CC[C@@]45COC(=O)N5)C[C@@H]23)cc1Cl. The van der Waals surface area contributed by atoms with E-state index in [0.29, 0.717) is 24.4 Å². The molecular formula is C19H21ClN2O3. The van der Waals surface area contributed by atoms with Crippen LogP contribution in [-0.2, 0) is 9.53 Å². The summed E-state index contributed by atoms with van der Waals surface area (Å²) in [6, 6.07) is 6.33. The summed E-state index contributed by atoms with van der Waals surface area (Å²) in [5.74, 6) is 1.70. The summed E-state index contributed by atoms with van der Waals surface area (Å²) >= 11 is 6.26. The molecule has 0 aromatic heterocycles. The van der Waals surface area contributed by atoms with E-state index in [-0.39, 0.29) is 11.8 Å². The molecule has 2 aliphatic heterocycles. The van der Waals surface area contributed by atoms with Gasteiger partial charge in [0, 0.05) is 18.1 Å². The summed E-state index contributed by atoms with van der Waals surface area (Å²) in [6.45, 7) is 3.98. The third kappa shape index (κ3) is 2.21. The van der Waals surface area contributed by atoms with Crippen molar-refractivity contribution in [3.05, 3.63) is 34.3 Å². The zero-order valence-corrected chi connectivity index (χ0v) is 14.9.